The van der Waals surface area contributed by atoms with Gasteiger partial charge in [-0.25, -0.2) is 4.79 Å². The summed E-state index contributed by atoms with van der Waals surface area (Å²) in [5, 5.41) is 5.55. The second kappa shape index (κ2) is 10.0. The molecule has 2 rings (SSSR count). The zero-order chi connectivity index (χ0) is 18.1. The first kappa shape index (κ1) is 19.2. The molecule has 0 aromatic heterocycles. The molecule has 6 nitrogen and oxygen atoms in total. The molecule has 1 heterocycles. The first-order valence-corrected chi connectivity index (χ1v) is 9.16. The van der Waals surface area contributed by atoms with Gasteiger partial charge in [-0.1, -0.05) is 12.5 Å². The van der Waals surface area contributed by atoms with Crippen molar-refractivity contribution in [2.24, 2.45) is 0 Å². The quantitative estimate of drug-likeness (QED) is 0.743. The number of anilines is 1. The summed E-state index contributed by atoms with van der Waals surface area (Å²) in [5.74, 6) is -0.126. The summed E-state index contributed by atoms with van der Waals surface area (Å²) in [6, 6.07) is 7.50. The van der Waals surface area contributed by atoms with Crippen molar-refractivity contribution >= 4 is 17.7 Å². The lowest BCUT2D eigenvalue weighted by molar-refractivity contribution is 0.0948. The standard InChI is InChI=1S/C19H29N3O3/c1-3-25-19(24)21-17-10-6-9-16(14-17)18(23)20-11-7-13-22-12-5-4-8-15(22)2/h6,9-10,14-15H,3-5,7-8,11-13H2,1-2H3,(H,20,23)(H,21,24)/t15-/m1/s1. The predicted octanol–water partition coefficient (Wildman–Crippen LogP) is 3.25. The number of nitrogens with zero attached hydrogens (tertiary/aromatic N) is 1. The summed E-state index contributed by atoms with van der Waals surface area (Å²) in [6.07, 6.45) is 4.29. The number of amides is 2. The Morgan fingerprint density at radius 1 is 1.32 bits per heavy atom. The van der Waals surface area contributed by atoms with Gasteiger partial charge in [0, 0.05) is 30.4 Å². The van der Waals surface area contributed by atoms with Gasteiger partial charge >= 0.3 is 6.09 Å². The Labute approximate surface area is 149 Å². The van der Waals surface area contributed by atoms with E-state index in [4.69, 9.17) is 4.74 Å². The highest BCUT2D eigenvalue weighted by molar-refractivity contribution is 5.96. The molecule has 0 spiro atoms. The molecule has 25 heavy (non-hydrogen) atoms. The SMILES string of the molecule is CCOC(=O)Nc1cccc(C(=O)NCCCN2CCCC[C@H]2C)c1. The van der Waals surface area contributed by atoms with Crippen LogP contribution in [-0.4, -0.2) is 49.2 Å². The zero-order valence-corrected chi connectivity index (χ0v) is 15.2. The second-order valence-corrected chi connectivity index (χ2v) is 6.42. The molecule has 1 aliphatic rings. The second-order valence-electron chi connectivity index (χ2n) is 6.42. The third-order valence-corrected chi connectivity index (χ3v) is 4.49. The highest BCUT2D eigenvalue weighted by Gasteiger charge is 2.17. The van der Waals surface area contributed by atoms with Crippen LogP contribution < -0.4 is 10.6 Å². The Kier molecular flexibility index (Phi) is 7.73. The molecule has 1 atom stereocenters. The van der Waals surface area contributed by atoms with Crippen LogP contribution in [0.1, 0.15) is 49.9 Å². The van der Waals surface area contributed by atoms with Crippen molar-refractivity contribution in [3.05, 3.63) is 29.8 Å². The molecule has 1 aliphatic heterocycles. The topological polar surface area (TPSA) is 70.7 Å². The van der Waals surface area contributed by atoms with Crippen molar-refractivity contribution in [1.82, 2.24) is 10.2 Å². The summed E-state index contributed by atoms with van der Waals surface area (Å²) in [5.41, 5.74) is 1.08. The fourth-order valence-electron chi connectivity index (χ4n) is 3.10. The molecular weight excluding hydrogens is 318 g/mol. The number of carbonyl (C=O) groups is 2. The summed E-state index contributed by atoms with van der Waals surface area (Å²) < 4.78 is 4.84. The number of rotatable bonds is 7. The van der Waals surface area contributed by atoms with E-state index in [-0.39, 0.29) is 5.91 Å². The maximum absolute atomic E-state index is 12.3. The van der Waals surface area contributed by atoms with Crippen LogP contribution in [0.5, 0.6) is 0 Å². The molecule has 1 aromatic rings. The van der Waals surface area contributed by atoms with Gasteiger partial charge < -0.3 is 15.0 Å². The van der Waals surface area contributed by atoms with E-state index in [1.807, 2.05) is 0 Å². The van der Waals surface area contributed by atoms with Crippen LogP contribution in [0.2, 0.25) is 0 Å². The average molecular weight is 347 g/mol. The maximum Gasteiger partial charge on any atom is 0.411 e. The van der Waals surface area contributed by atoms with Gasteiger partial charge in [0.1, 0.15) is 0 Å². The van der Waals surface area contributed by atoms with Crippen LogP contribution in [0.3, 0.4) is 0 Å². The van der Waals surface area contributed by atoms with E-state index in [9.17, 15) is 9.59 Å². The molecule has 0 unspecified atom stereocenters. The Morgan fingerprint density at radius 3 is 2.92 bits per heavy atom. The number of piperidine rings is 1. The number of nitrogens with one attached hydrogen (secondary N) is 2. The molecule has 2 amide bonds. The van der Waals surface area contributed by atoms with E-state index in [0.29, 0.717) is 30.4 Å². The van der Waals surface area contributed by atoms with Crippen molar-refractivity contribution in [2.75, 3.05) is 31.6 Å². The monoisotopic (exact) mass is 347 g/mol. The minimum Gasteiger partial charge on any atom is -0.450 e. The van der Waals surface area contributed by atoms with Gasteiger partial charge in [-0.3, -0.25) is 10.1 Å². The van der Waals surface area contributed by atoms with Crippen molar-refractivity contribution in [3.63, 3.8) is 0 Å². The van der Waals surface area contributed by atoms with E-state index in [1.165, 1.54) is 19.3 Å². The van der Waals surface area contributed by atoms with Gasteiger partial charge in [-0.2, -0.15) is 0 Å². The average Bonchev–Trinajstić information content (AvgIpc) is 2.60. The molecule has 138 valence electrons. The lowest BCUT2D eigenvalue weighted by Gasteiger charge is -2.33. The molecule has 1 saturated heterocycles. The number of hydrogen-bond acceptors (Lipinski definition) is 4. The van der Waals surface area contributed by atoms with Crippen molar-refractivity contribution in [2.45, 2.75) is 45.6 Å². The number of ether oxygens (including phenoxy) is 1. The van der Waals surface area contributed by atoms with Crippen LogP contribution in [0.4, 0.5) is 10.5 Å². The van der Waals surface area contributed by atoms with E-state index < -0.39 is 6.09 Å². The van der Waals surface area contributed by atoms with E-state index >= 15 is 0 Å². The van der Waals surface area contributed by atoms with Crippen LogP contribution in [0.15, 0.2) is 24.3 Å². The van der Waals surface area contributed by atoms with E-state index in [1.54, 1.807) is 31.2 Å². The molecule has 0 bridgehead atoms. The van der Waals surface area contributed by atoms with Gasteiger partial charge in [0.15, 0.2) is 0 Å². The third kappa shape index (κ3) is 6.38. The largest absolute Gasteiger partial charge is 0.450 e. The van der Waals surface area contributed by atoms with Crippen LogP contribution in [0, 0.1) is 0 Å². The molecule has 1 aromatic carbocycles. The van der Waals surface area contributed by atoms with Crippen molar-refractivity contribution in [3.8, 4) is 0 Å². The Morgan fingerprint density at radius 2 is 2.16 bits per heavy atom. The summed E-state index contributed by atoms with van der Waals surface area (Å²) in [4.78, 5) is 26.2. The number of carbonyl (C=O) groups excluding carboxylic acids is 2. The molecule has 6 heteroatoms. The Hall–Kier alpha value is -2.08. The first-order chi connectivity index (χ1) is 12.1. The lowest BCUT2D eigenvalue weighted by Crippen LogP contribution is -2.39. The Balaban J connectivity index is 1.75. The Bertz CT molecular complexity index is 577. The zero-order valence-electron chi connectivity index (χ0n) is 15.2. The minimum atomic E-state index is -0.518. The van der Waals surface area contributed by atoms with Gasteiger partial charge in [-0.15, -0.1) is 0 Å². The molecule has 2 N–H and O–H groups in total. The molecule has 0 aliphatic carbocycles. The predicted molar refractivity (Wildman–Crippen MR) is 98.9 cm³/mol. The highest BCUT2D eigenvalue weighted by Crippen LogP contribution is 2.16. The summed E-state index contributed by atoms with van der Waals surface area (Å²) >= 11 is 0. The fraction of sp³-hybridized carbons (Fsp3) is 0.579. The van der Waals surface area contributed by atoms with Crippen LogP contribution in [0.25, 0.3) is 0 Å². The molecular formula is C19H29N3O3. The molecule has 1 fully saturated rings. The normalized spacial score (nSPS) is 17.8. The van der Waals surface area contributed by atoms with Gasteiger partial charge in [0.25, 0.3) is 5.91 Å². The third-order valence-electron chi connectivity index (χ3n) is 4.49. The minimum absolute atomic E-state index is 0.126. The molecule has 0 radical (unpaired) electrons. The van der Waals surface area contributed by atoms with Crippen LogP contribution in [-0.2, 0) is 4.74 Å². The fourth-order valence-corrected chi connectivity index (χ4v) is 3.10. The van der Waals surface area contributed by atoms with E-state index in [0.717, 1.165) is 19.5 Å². The highest BCUT2D eigenvalue weighted by atomic mass is 16.5. The number of benzene rings is 1. The smallest absolute Gasteiger partial charge is 0.411 e. The summed E-state index contributed by atoms with van der Waals surface area (Å²) in [6.45, 7) is 7.16. The van der Waals surface area contributed by atoms with E-state index in [2.05, 4.69) is 22.5 Å². The maximum atomic E-state index is 12.3. The van der Waals surface area contributed by atoms with Gasteiger partial charge in [-0.05, 0) is 57.9 Å². The van der Waals surface area contributed by atoms with Crippen LogP contribution >= 0.6 is 0 Å². The summed E-state index contributed by atoms with van der Waals surface area (Å²) in [7, 11) is 0. The van der Waals surface area contributed by atoms with Crippen molar-refractivity contribution < 1.29 is 14.3 Å². The first-order valence-electron chi connectivity index (χ1n) is 9.16. The lowest BCUT2D eigenvalue weighted by atomic mass is 10.0. The van der Waals surface area contributed by atoms with Gasteiger partial charge in [0.05, 0.1) is 6.61 Å². The number of likely N-dealkylation sites (tertiary alicyclic amines) is 1. The number of hydrogen-bond donors (Lipinski definition) is 2. The van der Waals surface area contributed by atoms with Crippen molar-refractivity contribution in [1.29, 1.82) is 0 Å². The van der Waals surface area contributed by atoms with Gasteiger partial charge in [0.2, 0.25) is 0 Å². The molecule has 0 saturated carbocycles.